The molecular weight excluding hydrogens is 599 g/mol. The largest absolute Gasteiger partial charge is 0.308 e. The molecule has 5 heterocycles. The summed E-state index contributed by atoms with van der Waals surface area (Å²) in [6.45, 7) is 0. The topological polar surface area (TPSA) is 22.8 Å². The van der Waals surface area contributed by atoms with Crippen LogP contribution in [0.25, 0.3) is 95.5 Å². The van der Waals surface area contributed by atoms with Crippen molar-refractivity contribution in [2.24, 2.45) is 0 Å². The van der Waals surface area contributed by atoms with Gasteiger partial charge in [0, 0.05) is 74.8 Å². The van der Waals surface area contributed by atoms with Crippen molar-refractivity contribution < 1.29 is 0 Å². The number of thiophene rings is 2. The van der Waals surface area contributed by atoms with E-state index in [1.807, 2.05) is 28.9 Å². The van der Waals surface area contributed by atoms with Gasteiger partial charge in [0.25, 0.3) is 0 Å². The van der Waals surface area contributed by atoms with Crippen LogP contribution >= 0.6 is 22.7 Å². The highest BCUT2D eigenvalue weighted by Gasteiger charge is 2.27. The minimum absolute atomic E-state index is 1.07. The first-order valence-electron chi connectivity index (χ1n) is 15.5. The van der Waals surface area contributed by atoms with Crippen LogP contribution < -0.4 is 0 Å². The normalized spacial score (nSPS) is 12.3. The number of rotatable bonds is 2. The highest BCUT2D eigenvalue weighted by molar-refractivity contribution is 7.26. The number of para-hydroxylation sites is 3. The summed E-state index contributed by atoms with van der Waals surface area (Å²) in [7, 11) is 0. The molecule has 0 saturated heterocycles. The molecule has 0 saturated carbocycles. The lowest BCUT2D eigenvalue weighted by atomic mass is 10.0. The summed E-state index contributed by atoms with van der Waals surface area (Å²) in [5.74, 6) is 0. The minimum Gasteiger partial charge on any atom is -0.308 e. The maximum absolute atomic E-state index is 4.91. The van der Waals surface area contributed by atoms with Gasteiger partial charge >= 0.3 is 0 Å². The first-order valence-corrected chi connectivity index (χ1v) is 17.1. The lowest BCUT2D eigenvalue weighted by molar-refractivity contribution is 1.18. The summed E-state index contributed by atoms with van der Waals surface area (Å²) < 4.78 is 8.92. The third kappa shape index (κ3) is 3.13. The Morgan fingerprint density at radius 2 is 1.04 bits per heavy atom. The van der Waals surface area contributed by atoms with E-state index in [2.05, 4.69) is 143 Å². The molecule has 0 fully saturated rings. The molecule has 0 atom stereocenters. The second kappa shape index (κ2) is 9.04. The van der Waals surface area contributed by atoms with Gasteiger partial charge in [0.15, 0.2) is 0 Å². The summed E-state index contributed by atoms with van der Waals surface area (Å²) in [6.07, 6.45) is 1.92. The predicted octanol–water partition coefficient (Wildman–Crippen LogP) is 12.0. The van der Waals surface area contributed by atoms with Gasteiger partial charge in [-0.05, 0) is 60.7 Å². The van der Waals surface area contributed by atoms with Gasteiger partial charge in [-0.3, -0.25) is 0 Å². The number of aromatic nitrogens is 3. The molecule has 0 N–H and O–H groups in total. The third-order valence-electron chi connectivity index (χ3n) is 9.55. The van der Waals surface area contributed by atoms with Gasteiger partial charge in [-0.1, -0.05) is 72.8 Å². The highest BCUT2D eigenvalue weighted by Crippen LogP contribution is 2.51. The van der Waals surface area contributed by atoms with Gasteiger partial charge in [-0.2, -0.15) is 0 Å². The van der Waals surface area contributed by atoms with Crippen molar-refractivity contribution in [3.05, 3.63) is 140 Å². The fraction of sp³-hybridized carbons (Fsp3) is 0. The van der Waals surface area contributed by atoms with Crippen molar-refractivity contribution in [2.75, 3.05) is 0 Å². The third-order valence-corrected chi connectivity index (χ3v) is 11.8. The van der Waals surface area contributed by atoms with Crippen LogP contribution in [0, 0.1) is 0 Å². The van der Waals surface area contributed by atoms with Crippen LogP contribution in [0.15, 0.2) is 140 Å². The maximum atomic E-state index is 4.91. The Morgan fingerprint density at radius 3 is 1.85 bits per heavy atom. The van der Waals surface area contributed by atoms with Gasteiger partial charge in [0.2, 0.25) is 0 Å². The predicted molar refractivity (Wildman–Crippen MR) is 199 cm³/mol. The van der Waals surface area contributed by atoms with Crippen molar-refractivity contribution >= 4 is 107 Å². The number of hydrogen-bond donors (Lipinski definition) is 0. The summed E-state index contributed by atoms with van der Waals surface area (Å²) in [5, 5.41) is 10.2. The van der Waals surface area contributed by atoms with Gasteiger partial charge in [0.1, 0.15) is 4.83 Å². The molecule has 0 amide bonds. The molecule has 0 spiro atoms. The summed E-state index contributed by atoms with van der Waals surface area (Å²) in [5.41, 5.74) is 7.24. The number of nitrogens with zero attached hydrogens (tertiary/aromatic N) is 3. The van der Waals surface area contributed by atoms with Crippen molar-refractivity contribution in [2.45, 2.75) is 0 Å². The van der Waals surface area contributed by atoms with E-state index in [1.54, 1.807) is 0 Å². The van der Waals surface area contributed by atoms with Crippen LogP contribution in [0.4, 0.5) is 0 Å². The highest BCUT2D eigenvalue weighted by atomic mass is 32.1. The smallest absolute Gasteiger partial charge is 0.124 e. The zero-order chi connectivity index (χ0) is 29.9. The quantitative estimate of drug-likeness (QED) is 0.188. The fourth-order valence-electron chi connectivity index (χ4n) is 7.73. The Hall–Kier alpha value is -5.49. The van der Waals surface area contributed by atoms with Crippen LogP contribution in [0.3, 0.4) is 0 Å². The minimum atomic E-state index is 1.07. The average molecular weight is 622 g/mol. The first-order chi connectivity index (χ1) is 22.8. The molecule has 3 nitrogen and oxygen atoms in total. The number of hydrogen-bond acceptors (Lipinski definition) is 3. The Labute approximate surface area is 270 Å². The number of pyridine rings is 1. The first kappa shape index (κ1) is 24.8. The van der Waals surface area contributed by atoms with Crippen LogP contribution in [-0.2, 0) is 0 Å². The zero-order valence-corrected chi connectivity index (χ0v) is 26.1. The lowest BCUT2D eigenvalue weighted by Crippen LogP contribution is -1.96. The van der Waals surface area contributed by atoms with Crippen molar-refractivity contribution in [1.29, 1.82) is 0 Å². The van der Waals surface area contributed by atoms with E-state index in [0.29, 0.717) is 0 Å². The molecule has 6 aromatic carbocycles. The summed E-state index contributed by atoms with van der Waals surface area (Å²) >= 11 is 3.68. The lowest BCUT2D eigenvalue weighted by Gasteiger charge is -2.12. The van der Waals surface area contributed by atoms with Crippen molar-refractivity contribution in [3.63, 3.8) is 0 Å². The molecule has 0 unspecified atom stereocenters. The molecule has 214 valence electrons. The standard InChI is InChI=1S/C41H23N3S2/c1-2-11-24(12-3-1)43-32-18-8-5-15-28(32)36-38(43)35-27-14-4-7-17-31(27)44(39(35)37-29-16-10-22-42-41(29)46-40(36)37)25-20-21-34-30(23-25)26-13-6-9-19-33(26)45-34/h1-23H. The Morgan fingerprint density at radius 1 is 0.435 bits per heavy atom. The Balaban J connectivity index is 1.45. The average Bonchev–Trinajstić information content (AvgIpc) is 3.85. The summed E-state index contributed by atoms with van der Waals surface area (Å²) in [4.78, 5) is 5.97. The van der Waals surface area contributed by atoms with Gasteiger partial charge in [0.05, 0.1) is 22.1 Å². The van der Waals surface area contributed by atoms with Crippen LogP contribution in [0.2, 0.25) is 0 Å². The van der Waals surface area contributed by atoms with Gasteiger partial charge in [-0.15, -0.1) is 22.7 Å². The van der Waals surface area contributed by atoms with E-state index in [1.165, 1.54) is 84.9 Å². The number of benzene rings is 6. The molecular formula is C41H23N3S2. The zero-order valence-electron chi connectivity index (χ0n) is 24.4. The van der Waals surface area contributed by atoms with E-state index < -0.39 is 0 Å². The van der Waals surface area contributed by atoms with Crippen LogP contribution in [0.1, 0.15) is 0 Å². The van der Waals surface area contributed by atoms with Crippen molar-refractivity contribution in [3.8, 4) is 11.4 Å². The molecule has 0 aliphatic heterocycles. The Kier molecular flexibility index (Phi) is 4.87. The van der Waals surface area contributed by atoms with E-state index in [-0.39, 0.29) is 0 Å². The van der Waals surface area contributed by atoms with E-state index in [0.717, 1.165) is 10.5 Å². The number of fused-ring (bicyclic) bond motifs is 15. The van der Waals surface area contributed by atoms with Gasteiger partial charge in [-0.25, -0.2) is 4.98 Å². The molecule has 5 aromatic heterocycles. The molecule has 11 rings (SSSR count). The molecule has 46 heavy (non-hydrogen) atoms. The molecule has 0 aliphatic carbocycles. The fourth-order valence-corrected chi connectivity index (χ4v) is 10.0. The van der Waals surface area contributed by atoms with E-state index in [4.69, 9.17) is 4.98 Å². The molecule has 0 radical (unpaired) electrons. The second-order valence-corrected chi connectivity index (χ2v) is 14.0. The molecule has 11 aromatic rings. The molecule has 0 bridgehead atoms. The van der Waals surface area contributed by atoms with E-state index in [9.17, 15) is 0 Å². The maximum Gasteiger partial charge on any atom is 0.124 e. The molecule has 5 heteroatoms. The van der Waals surface area contributed by atoms with Crippen LogP contribution in [0.5, 0.6) is 0 Å². The Bertz CT molecular complexity index is 3030. The SMILES string of the molecule is c1ccc(-n2c3ccccc3c3c4sc5ncccc5c4c4c(c5ccccc5n4-c4ccc5sc6ccccc6c5c4)c32)cc1. The van der Waals surface area contributed by atoms with E-state index >= 15 is 0 Å². The van der Waals surface area contributed by atoms with Gasteiger partial charge < -0.3 is 9.13 Å². The van der Waals surface area contributed by atoms with Crippen molar-refractivity contribution in [1.82, 2.24) is 14.1 Å². The monoisotopic (exact) mass is 621 g/mol. The second-order valence-electron chi connectivity index (χ2n) is 11.9. The molecule has 0 aliphatic rings. The van der Waals surface area contributed by atoms with Crippen LogP contribution in [-0.4, -0.2) is 14.1 Å². The summed E-state index contributed by atoms with van der Waals surface area (Å²) in [6, 6.07) is 48.7.